The van der Waals surface area contributed by atoms with Crippen LogP contribution >= 0.6 is 0 Å². The fourth-order valence-electron chi connectivity index (χ4n) is 1.74. The summed E-state index contributed by atoms with van der Waals surface area (Å²) in [6.45, 7) is 2.21. The molecule has 1 fully saturated rings. The van der Waals surface area contributed by atoms with E-state index in [-0.39, 0.29) is 6.10 Å². The van der Waals surface area contributed by atoms with Crippen molar-refractivity contribution in [1.82, 2.24) is 0 Å². The normalized spacial score (nSPS) is 25.7. The average Bonchev–Trinajstić information content (AvgIpc) is 2.23. The van der Waals surface area contributed by atoms with Crippen LogP contribution in [-0.2, 0) is 4.74 Å². The van der Waals surface area contributed by atoms with Crippen molar-refractivity contribution >= 4 is 0 Å². The number of unbranched alkanes of at least 4 members (excludes halogenated alkanes) is 4. The van der Waals surface area contributed by atoms with Crippen LogP contribution in [0.15, 0.2) is 0 Å². The van der Waals surface area contributed by atoms with Gasteiger partial charge in [0.15, 0.2) is 6.29 Å². The first kappa shape index (κ1) is 12.5. The van der Waals surface area contributed by atoms with Gasteiger partial charge in [0.1, 0.15) is 6.10 Å². The molecule has 1 rings (SSSR count). The lowest BCUT2D eigenvalue weighted by Crippen LogP contribution is -2.25. The van der Waals surface area contributed by atoms with Crippen LogP contribution in [-0.4, -0.2) is 17.5 Å². The summed E-state index contributed by atoms with van der Waals surface area (Å²) < 4.78 is 5.30. The van der Waals surface area contributed by atoms with Gasteiger partial charge < -0.3 is 9.84 Å². The fourth-order valence-corrected chi connectivity index (χ4v) is 1.74. The predicted octanol–water partition coefficient (Wildman–Crippen LogP) is 2.85. The van der Waals surface area contributed by atoms with Crippen molar-refractivity contribution in [2.24, 2.45) is 0 Å². The second kappa shape index (κ2) is 7.73. The Morgan fingerprint density at radius 1 is 1.27 bits per heavy atom. The van der Waals surface area contributed by atoms with E-state index in [2.05, 4.69) is 18.8 Å². The summed E-state index contributed by atoms with van der Waals surface area (Å²) in [4.78, 5) is 0. The minimum atomic E-state index is -0.585. The molecule has 0 bridgehead atoms. The van der Waals surface area contributed by atoms with Crippen LogP contribution in [0.1, 0.15) is 58.3 Å². The van der Waals surface area contributed by atoms with Gasteiger partial charge in [-0.2, -0.15) is 0 Å². The second-order valence-corrected chi connectivity index (χ2v) is 4.14. The van der Waals surface area contributed by atoms with Gasteiger partial charge in [0.25, 0.3) is 0 Å². The largest absolute Gasteiger partial charge is 0.368 e. The SMILES string of the molecule is CCCCCCC#CC1CCCC(O)O1. The van der Waals surface area contributed by atoms with Crippen molar-refractivity contribution in [3.8, 4) is 11.8 Å². The van der Waals surface area contributed by atoms with Gasteiger partial charge in [0.05, 0.1) is 0 Å². The lowest BCUT2D eigenvalue weighted by Gasteiger charge is -2.22. The van der Waals surface area contributed by atoms with Crippen LogP contribution in [0, 0.1) is 11.8 Å². The number of aliphatic hydroxyl groups is 1. The predicted molar refractivity (Wildman–Crippen MR) is 61.3 cm³/mol. The van der Waals surface area contributed by atoms with Crippen LogP contribution in [0.2, 0.25) is 0 Å². The van der Waals surface area contributed by atoms with E-state index in [1.54, 1.807) is 0 Å². The molecule has 0 spiro atoms. The minimum absolute atomic E-state index is 0.0278. The maximum atomic E-state index is 9.26. The molecule has 0 amide bonds. The lowest BCUT2D eigenvalue weighted by atomic mass is 10.1. The topological polar surface area (TPSA) is 29.5 Å². The monoisotopic (exact) mass is 210 g/mol. The molecule has 1 N–H and O–H groups in total. The Kier molecular flexibility index (Phi) is 6.47. The van der Waals surface area contributed by atoms with E-state index in [1.165, 1.54) is 25.7 Å². The van der Waals surface area contributed by atoms with Crippen molar-refractivity contribution in [1.29, 1.82) is 0 Å². The van der Waals surface area contributed by atoms with E-state index in [4.69, 9.17) is 4.74 Å². The van der Waals surface area contributed by atoms with Gasteiger partial charge in [-0.1, -0.05) is 32.1 Å². The molecule has 0 aliphatic carbocycles. The Bertz CT molecular complexity index is 214. The van der Waals surface area contributed by atoms with Gasteiger partial charge in [-0.15, -0.1) is 5.92 Å². The Morgan fingerprint density at radius 3 is 2.87 bits per heavy atom. The van der Waals surface area contributed by atoms with Crippen LogP contribution < -0.4 is 0 Å². The zero-order valence-corrected chi connectivity index (χ0v) is 9.67. The first-order chi connectivity index (χ1) is 7.33. The zero-order valence-electron chi connectivity index (χ0n) is 9.67. The number of aliphatic hydroxyl groups excluding tert-OH is 1. The Hall–Kier alpha value is -0.520. The zero-order chi connectivity index (χ0) is 10.9. The van der Waals surface area contributed by atoms with Crippen LogP contribution in [0.3, 0.4) is 0 Å². The molecule has 2 nitrogen and oxygen atoms in total. The van der Waals surface area contributed by atoms with Gasteiger partial charge in [-0.25, -0.2) is 0 Å². The highest BCUT2D eigenvalue weighted by molar-refractivity contribution is 5.05. The van der Waals surface area contributed by atoms with Crippen LogP contribution in [0.5, 0.6) is 0 Å². The molecule has 0 saturated carbocycles. The van der Waals surface area contributed by atoms with E-state index in [0.717, 1.165) is 25.7 Å². The van der Waals surface area contributed by atoms with Crippen LogP contribution in [0.4, 0.5) is 0 Å². The molecule has 0 radical (unpaired) electrons. The number of hydrogen-bond acceptors (Lipinski definition) is 2. The number of ether oxygens (including phenoxy) is 1. The molecule has 1 aliphatic heterocycles. The summed E-state index contributed by atoms with van der Waals surface area (Å²) in [6, 6.07) is 0. The highest BCUT2D eigenvalue weighted by Gasteiger charge is 2.17. The molecule has 1 heterocycles. The lowest BCUT2D eigenvalue weighted by molar-refractivity contribution is -0.145. The van der Waals surface area contributed by atoms with Gasteiger partial charge in [0, 0.05) is 6.42 Å². The molecule has 2 atom stereocenters. The summed E-state index contributed by atoms with van der Waals surface area (Å²) >= 11 is 0. The summed E-state index contributed by atoms with van der Waals surface area (Å²) in [7, 11) is 0. The van der Waals surface area contributed by atoms with E-state index in [0.29, 0.717) is 0 Å². The third kappa shape index (κ3) is 5.81. The average molecular weight is 210 g/mol. The first-order valence-corrected chi connectivity index (χ1v) is 6.15. The Labute approximate surface area is 93.0 Å². The van der Waals surface area contributed by atoms with Crippen molar-refractivity contribution < 1.29 is 9.84 Å². The summed E-state index contributed by atoms with van der Waals surface area (Å²) in [6.07, 6.45) is 8.15. The quantitative estimate of drug-likeness (QED) is 0.571. The van der Waals surface area contributed by atoms with E-state index in [1.807, 2.05) is 0 Å². The minimum Gasteiger partial charge on any atom is -0.368 e. The van der Waals surface area contributed by atoms with E-state index < -0.39 is 6.29 Å². The van der Waals surface area contributed by atoms with E-state index >= 15 is 0 Å². The molecule has 0 aromatic rings. The fraction of sp³-hybridized carbons (Fsp3) is 0.846. The molecule has 2 unspecified atom stereocenters. The van der Waals surface area contributed by atoms with Gasteiger partial charge >= 0.3 is 0 Å². The molecular formula is C13H22O2. The smallest absolute Gasteiger partial charge is 0.156 e. The third-order valence-electron chi connectivity index (χ3n) is 2.66. The van der Waals surface area contributed by atoms with Crippen molar-refractivity contribution in [2.75, 3.05) is 0 Å². The summed E-state index contributed by atoms with van der Waals surface area (Å²) in [5, 5.41) is 9.26. The number of rotatable bonds is 4. The van der Waals surface area contributed by atoms with Crippen LogP contribution in [0.25, 0.3) is 0 Å². The Balaban J connectivity index is 2.08. The summed E-state index contributed by atoms with van der Waals surface area (Å²) in [5.41, 5.74) is 0. The van der Waals surface area contributed by atoms with E-state index in [9.17, 15) is 5.11 Å². The molecular weight excluding hydrogens is 188 g/mol. The van der Waals surface area contributed by atoms with Crippen molar-refractivity contribution in [2.45, 2.75) is 70.7 Å². The number of hydrogen-bond donors (Lipinski definition) is 1. The molecule has 15 heavy (non-hydrogen) atoms. The van der Waals surface area contributed by atoms with Crippen molar-refractivity contribution in [3.63, 3.8) is 0 Å². The molecule has 2 heteroatoms. The first-order valence-electron chi connectivity index (χ1n) is 6.15. The Morgan fingerprint density at radius 2 is 2.13 bits per heavy atom. The molecule has 0 aromatic carbocycles. The molecule has 0 aromatic heterocycles. The molecule has 86 valence electrons. The highest BCUT2D eigenvalue weighted by atomic mass is 16.6. The maximum absolute atomic E-state index is 9.26. The second-order valence-electron chi connectivity index (χ2n) is 4.14. The third-order valence-corrected chi connectivity index (χ3v) is 2.66. The molecule has 1 saturated heterocycles. The summed E-state index contributed by atoms with van der Waals surface area (Å²) in [5.74, 6) is 6.25. The van der Waals surface area contributed by atoms with Gasteiger partial charge in [0.2, 0.25) is 0 Å². The van der Waals surface area contributed by atoms with Crippen molar-refractivity contribution in [3.05, 3.63) is 0 Å². The highest BCUT2D eigenvalue weighted by Crippen LogP contribution is 2.16. The maximum Gasteiger partial charge on any atom is 0.156 e. The molecule has 1 aliphatic rings. The standard InChI is InChI=1S/C13H22O2/c1-2-3-4-5-6-7-9-12-10-8-11-13(14)15-12/h12-14H,2-6,8,10-11H2,1H3. The van der Waals surface area contributed by atoms with Gasteiger partial charge in [-0.3, -0.25) is 0 Å². The van der Waals surface area contributed by atoms with Gasteiger partial charge in [-0.05, 0) is 25.7 Å².